The van der Waals surface area contributed by atoms with E-state index in [0.717, 1.165) is 17.9 Å². The number of nitrogens with one attached hydrogen (secondary N) is 1. The Labute approximate surface area is 166 Å². The van der Waals surface area contributed by atoms with Gasteiger partial charge in [0.15, 0.2) is 0 Å². The van der Waals surface area contributed by atoms with Gasteiger partial charge in [-0.25, -0.2) is 4.98 Å². The molecule has 0 unspecified atom stereocenters. The van der Waals surface area contributed by atoms with E-state index in [1.807, 2.05) is 53.2 Å². The fourth-order valence-electron chi connectivity index (χ4n) is 3.00. The van der Waals surface area contributed by atoms with E-state index >= 15 is 0 Å². The van der Waals surface area contributed by atoms with E-state index in [2.05, 4.69) is 43.2 Å². The number of nitrogens with zero attached hydrogens (tertiary/aromatic N) is 2. The number of aromatic nitrogens is 2. The second-order valence-corrected chi connectivity index (χ2v) is 8.15. The molecule has 3 N–H and O–H groups in total. The maximum absolute atomic E-state index is 12.4. The summed E-state index contributed by atoms with van der Waals surface area (Å²) in [6.07, 6.45) is 4.12. The quantitative estimate of drug-likeness (QED) is 0.688. The van der Waals surface area contributed by atoms with Crippen molar-refractivity contribution >= 4 is 11.6 Å². The molecule has 0 aliphatic carbocycles. The van der Waals surface area contributed by atoms with Gasteiger partial charge in [-0.05, 0) is 28.7 Å². The van der Waals surface area contributed by atoms with Gasteiger partial charge < -0.3 is 15.6 Å². The second kappa shape index (κ2) is 8.40. The standard InChI is InChI=1S/C23H28N4O/c1-23(2,3)18-9-11-19(12-10-18)26-22(28)21(24)13-20-15-27(16-25-20)14-17-7-5-4-6-8-17/h4-12,15-16,21H,13-14,24H2,1-3H3,(H,26,28)/t21-/m0/s1. The number of hydrogen-bond acceptors (Lipinski definition) is 3. The van der Waals surface area contributed by atoms with Gasteiger partial charge in [-0.3, -0.25) is 4.79 Å². The molecule has 0 fully saturated rings. The number of benzene rings is 2. The fourth-order valence-corrected chi connectivity index (χ4v) is 3.00. The zero-order valence-corrected chi connectivity index (χ0v) is 16.7. The highest BCUT2D eigenvalue weighted by Crippen LogP contribution is 2.23. The molecule has 0 radical (unpaired) electrons. The first-order valence-corrected chi connectivity index (χ1v) is 9.53. The third-order valence-corrected chi connectivity index (χ3v) is 4.68. The molecule has 1 atom stereocenters. The van der Waals surface area contributed by atoms with Crippen LogP contribution in [0.2, 0.25) is 0 Å². The molecule has 3 rings (SSSR count). The third kappa shape index (κ3) is 5.30. The van der Waals surface area contributed by atoms with Crippen molar-refractivity contribution in [2.75, 3.05) is 5.32 Å². The summed E-state index contributed by atoms with van der Waals surface area (Å²) in [6, 6.07) is 17.4. The van der Waals surface area contributed by atoms with Crippen molar-refractivity contribution < 1.29 is 4.79 Å². The van der Waals surface area contributed by atoms with Gasteiger partial charge in [0.05, 0.1) is 18.1 Å². The minimum Gasteiger partial charge on any atom is -0.333 e. The van der Waals surface area contributed by atoms with Crippen LogP contribution in [0.15, 0.2) is 67.1 Å². The zero-order valence-electron chi connectivity index (χ0n) is 16.7. The molecule has 28 heavy (non-hydrogen) atoms. The van der Waals surface area contributed by atoms with Crippen LogP contribution in [0, 0.1) is 0 Å². The van der Waals surface area contributed by atoms with E-state index in [0.29, 0.717) is 6.42 Å². The molecule has 5 heteroatoms. The van der Waals surface area contributed by atoms with Gasteiger partial charge in [0.2, 0.25) is 5.91 Å². The Balaban J connectivity index is 1.56. The monoisotopic (exact) mass is 376 g/mol. The summed E-state index contributed by atoms with van der Waals surface area (Å²) >= 11 is 0. The van der Waals surface area contributed by atoms with Gasteiger partial charge in [-0.2, -0.15) is 0 Å². The number of rotatable bonds is 6. The van der Waals surface area contributed by atoms with Crippen molar-refractivity contribution in [3.8, 4) is 0 Å². The Hall–Kier alpha value is -2.92. The number of imidazole rings is 1. The summed E-state index contributed by atoms with van der Waals surface area (Å²) in [7, 11) is 0. The zero-order chi connectivity index (χ0) is 20.1. The van der Waals surface area contributed by atoms with Crippen molar-refractivity contribution in [1.82, 2.24) is 9.55 Å². The smallest absolute Gasteiger partial charge is 0.241 e. The van der Waals surface area contributed by atoms with Crippen molar-refractivity contribution in [2.24, 2.45) is 5.73 Å². The summed E-state index contributed by atoms with van der Waals surface area (Å²) in [5.74, 6) is -0.207. The number of nitrogens with two attached hydrogens (primary N) is 1. The Kier molecular flexibility index (Phi) is 5.95. The number of anilines is 1. The van der Waals surface area contributed by atoms with E-state index in [-0.39, 0.29) is 11.3 Å². The van der Waals surface area contributed by atoms with Crippen LogP contribution in [0.1, 0.15) is 37.6 Å². The molecule has 3 aromatic rings. The highest BCUT2D eigenvalue weighted by Gasteiger charge is 2.17. The number of hydrogen-bond donors (Lipinski definition) is 2. The average molecular weight is 377 g/mol. The summed E-state index contributed by atoms with van der Waals surface area (Å²) in [4.78, 5) is 16.8. The second-order valence-electron chi connectivity index (χ2n) is 8.15. The van der Waals surface area contributed by atoms with E-state index in [9.17, 15) is 4.79 Å². The number of amides is 1. The molecule has 0 aliphatic rings. The van der Waals surface area contributed by atoms with Crippen molar-refractivity contribution in [1.29, 1.82) is 0 Å². The van der Waals surface area contributed by atoms with Crippen LogP contribution in [0.3, 0.4) is 0 Å². The van der Waals surface area contributed by atoms with Crippen molar-refractivity contribution in [3.05, 3.63) is 83.9 Å². The first-order chi connectivity index (χ1) is 13.3. The van der Waals surface area contributed by atoms with E-state index < -0.39 is 6.04 Å². The molecule has 0 saturated carbocycles. The lowest BCUT2D eigenvalue weighted by molar-refractivity contribution is -0.117. The van der Waals surface area contributed by atoms with Crippen LogP contribution in [0.5, 0.6) is 0 Å². The molecular weight excluding hydrogens is 348 g/mol. The normalized spacial score (nSPS) is 12.6. The molecule has 2 aromatic carbocycles. The Morgan fingerprint density at radius 1 is 1.11 bits per heavy atom. The Morgan fingerprint density at radius 3 is 2.43 bits per heavy atom. The van der Waals surface area contributed by atoms with Gasteiger partial charge >= 0.3 is 0 Å². The summed E-state index contributed by atoms with van der Waals surface area (Å²) in [5, 5.41) is 2.89. The van der Waals surface area contributed by atoms with E-state index in [1.165, 1.54) is 11.1 Å². The number of carbonyl (C=O) groups is 1. The SMILES string of the molecule is CC(C)(C)c1ccc(NC(=O)[C@@H](N)Cc2cn(Cc3ccccc3)cn2)cc1. The molecule has 146 valence electrons. The van der Waals surface area contributed by atoms with Crippen LogP contribution < -0.4 is 11.1 Å². The predicted molar refractivity (Wildman–Crippen MR) is 113 cm³/mol. The highest BCUT2D eigenvalue weighted by molar-refractivity contribution is 5.94. The molecule has 5 nitrogen and oxygen atoms in total. The van der Waals surface area contributed by atoms with Crippen molar-refractivity contribution in [3.63, 3.8) is 0 Å². The van der Waals surface area contributed by atoms with Crippen LogP contribution in [-0.4, -0.2) is 21.5 Å². The fraction of sp³-hybridized carbons (Fsp3) is 0.304. The first-order valence-electron chi connectivity index (χ1n) is 9.53. The molecule has 0 saturated heterocycles. The maximum atomic E-state index is 12.4. The molecule has 1 amide bonds. The minimum absolute atomic E-state index is 0.0809. The first kappa shape index (κ1) is 19.8. The summed E-state index contributed by atoms with van der Waals surface area (Å²) < 4.78 is 2.00. The van der Waals surface area contributed by atoms with Crippen LogP contribution in [0.25, 0.3) is 0 Å². The minimum atomic E-state index is -0.651. The largest absolute Gasteiger partial charge is 0.333 e. The number of carbonyl (C=O) groups excluding carboxylic acids is 1. The lowest BCUT2D eigenvalue weighted by Gasteiger charge is -2.19. The lowest BCUT2D eigenvalue weighted by atomic mass is 9.87. The molecule has 0 spiro atoms. The molecular formula is C23H28N4O. The van der Waals surface area contributed by atoms with Gasteiger partial charge in [0.1, 0.15) is 0 Å². The molecule has 0 bridgehead atoms. The molecule has 1 aromatic heterocycles. The van der Waals surface area contributed by atoms with Gasteiger partial charge in [0, 0.05) is 24.8 Å². The van der Waals surface area contributed by atoms with Crippen LogP contribution in [0.4, 0.5) is 5.69 Å². The van der Waals surface area contributed by atoms with E-state index in [4.69, 9.17) is 5.73 Å². The third-order valence-electron chi connectivity index (χ3n) is 4.68. The average Bonchev–Trinajstić information content (AvgIpc) is 3.09. The summed E-state index contributed by atoms with van der Waals surface area (Å²) in [6.45, 7) is 7.23. The Bertz CT molecular complexity index is 908. The maximum Gasteiger partial charge on any atom is 0.241 e. The van der Waals surface area contributed by atoms with Crippen LogP contribution >= 0.6 is 0 Å². The Morgan fingerprint density at radius 2 is 1.79 bits per heavy atom. The van der Waals surface area contributed by atoms with Gasteiger partial charge in [-0.15, -0.1) is 0 Å². The van der Waals surface area contributed by atoms with Gasteiger partial charge in [-0.1, -0.05) is 63.2 Å². The van der Waals surface area contributed by atoms with Gasteiger partial charge in [0.25, 0.3) is 0 Å². The topological polar surface area (TPSA) is 72.9 Å². The predicted octanol–water partition coefficient (Wildman–Crippen LogP) is 3.74. The highest BCUT2D eigenvalue weighted by atomic mass is 16.2. The van der Waals surface area contributed by atoms with Crippen molar-refractivity contribution in [2.45, 2.75) is 45.2 Å². The summed E-state index contributed by atoms with van der Waals surface area (Å²) in [5.41, 5.74) is 10.2. The molecule has 0 aliphatic heterocycles. The van der Waals surface area contributed by atoms with E-state index in [1.54, 1.807) is 6.33 Å². The molecule has 1 heterocycles. The van der Waals surface area contributed by atoms with Crippen LogP contribution in [-0.2, 0) is 23.2 Å². The lowest BCUT2D eigenvalue weighted by Crippen LogP contribution is -2.37.